The standard InChI is InChI=1S/C21H29N5O2/c1-13(2)19-22-20(28-23-19)25-10-15-11-26(21(27)24(4)5)18(17(15)12-25)16-9-7-6-8-14(16)3/h6-9,13,15,17-18H,10-12H2,1-5H3/t15-,17-,18+/m1/s1. The van der Waals surface area contributed by atoms with Crippen LogP contribution >= 0.6 is 0 Å². The minimum absolute atomic E-state index is 0.0681. The van der Waals surface area contributed by atoms with Crippen LogP contribution in [0.5, 0.6) is 0 Å². The molecule has 1 aromatic heterocycles. The highest BCUT2D eigenvalue weighted by molar-refractivity contribution is 5.75. The minimum Gasteiger partial charge on any atom is -0.331 e. The van der Waals surface area contributed by atoms with Crippen LogP contribution in [0, 0.1) is 18.8 Å². The lowest BCUT2D eigenvalue weighted by molar-refractivity contribution is 0.159. The molecule has 2 fully saturated rings. The molecule has 4 rings (SSSR count). The predicted octanol–water partition coefficient (Wildman–Crippen LogP) is 3.29. The number of aromatic nitrogens is 2. The molecule has 2 saturated heterocycles. The Bertz CT molecular complexity index is 862. The molecule has 2 aliphatic rings. The zero-order chi connectivity index (χ0) is 20.0. The summed E-state index contributed by atoms with van der Waals surface area (Å²) in [5, 5.41) is 4.11. The van der Waals surface area contributed by atoms with Crippen molar-refractivity contribution in [3.63, 3.8) is 0 Å². The Morgan fingerprint density at radius 3 is 2.61 bits per heavy atom. The summed E-state index contributed by atoms with van der Waals surface area (Å²) in [6.45, 7) is 8.66. The number of hydrogen-bond donors (Lipinski definition) is 0. The van der Waals surface area contributed by atoms with Crippen LogP contribution in [0.2, 0.25) is 0 Å². The van der Waals surface area contributed by atoms with E-state index in [2.05, 4.69) is 60.1 Å². The quantitative estimate of drug-likeness (QED) is 0.814. The molecule has 0 radical (unpaired) electrons. The predicted molar refractivity (Wildman–Crippen MR) is 107 cm³/mol. The number of carbonyl (C=O) groups excluding carboxylic acids is 1. The molecule has 150 valence electrons. The van der Waals surface area contributed by atoms with Crippen LogP contribution in [0.15, 0.2) is 28.8 Å². The van der Waals surface area contributed by atoms with E-state index in [9.17, 15) is 4.79 Å². The van der Waals surface area contributed by atoms with Gasteiger partial charge in [-0.25, -0.2) is 4.79 Å². The van der Waals surface area contributed by atoms with Gasteiger partial charge < -0.3 is 19.2 Å². The molecule has 3 heterocycles. The molecule has 0 unspecified atom stereocenters. The van der Waals surface area contributed by atoms with Crippen molar-refractivity contribution in [2.75, 3.05) is 38.6 Å². The van der Waals surface area contributed by atoms with Gasteiger partial charge in [-0.15, -0.1) is 0 Å². The van der Waals surface area contributed by atoms with Crippen molar-refractivity contribution < 1.29 is 9.32 Å². The lowest BCUT2D eigenvalue weighted by atomic mass is 9.88. The van der Waals surface area contributed by atoms with Crippen molar-refractivity contribution in [1.29, 1.82) is 0 Å². The van der Waals surface area contributed by atoms with E-state index in [4.69, 9.17) is 4.52 Å². The van der Waals surface area contributed by atoms with E-state index in [0.29, 0.717) is 17.9 Å². The van der Waals surface area contributed by atoms with Crippen molar-refractivity contribution in [3.05, 3.63) is 41.2 Å². The molecule has 0 N–H and O–H groups in total. The van der Waals surface area contributed by atoms with Gasteiger partial charge in [-0.05, 0) is 18.1 Å². The summed E-state index contributed by atoms with van der Waals surface area (Å²) < 4.78 is 5.53. The Morgan fingerprint density at radius 1 is 1.21 bits per heavy atom. The Kier molecular flexibility index (Phi) is 4.77. The number of fused-ring (bicyclic) bond motifs is 1. The van der Waals surface area contributed by atoms with Gasteiger partial charge in [-0.1, -0.05) is 43.3 Å². The van der Waals surface area contributed by atoms with Crippen LogP contribution in [0.3, 0.4) is 0 Å². The van der Waals surface area contributed by atoms with E-state index in [1.807, 2.05) is 19.0 Å². The maximum absolute atomic E-state index is 12.9. The SMILES string of the molecule is Cc1ccccc1[C@H]1[C@@H]2CN(c3nc(C(C)C)no3)C[C@@H]2CN1C(=O)N(C)C. The van der Waals surface area contributed by atoms with E-state index >= 15 is 0 Å². The molecule has 7 heteroatoms. The van der Waals surface area contributed by atoms with Crippen molar-refractivity contribution in [2.24, 2.45) is 11.8 Å². The van der Waals surface area contributed by atoms with Crippen molar-refractivity contribution in [1.82, 2.24) is 19.9 Å². The van der Waals surface area contributed by atoms with E-state index in [1.54, 1.807) is 4.90 Å². The number of benzene rings is 1. The van der Waals surface area contributed by atoms with Crippen LogP contribution in [0.1, 0.15) is 42.8 Å². The zero-order valence-corrected chi connectivity index (χ0v) is 17.3. The first-order valence-corrected chi connectivity index (χ1v) is 9.98. The monoisotopic (exact) mass is 383 g/mol. The van der Waals surface area contributed by atoms with E-state index in [1.165, 1.54) is 11.1 Å². The summed E-state index contributed by atoms with van der Waals surface area (Å²) in [6, 6.07) is 9.15. The topological polar surface area (TPSA) is 65.7 Å². The Balaban J connectivity index is 1.63. The van der Waals surface area contributed by atoms with Gasteiger partial charge in [0.1, 0.15) is 0 Å². The lowest BCUT2D eigenvalue weighted by Crippen LogP contribution is -2.41. The number of carbonyl (C=O) groups is 1. The van der Waals surface area contributed by atoms with Crippen molar-refractivity contribution in [3.8, 4) is 0 Å². The van der Waals surface area contributed by atoms with Gasteiger partial charge in [0.25, 0.3) is 0 Å². The summed E-state index contributed by atoms with van der Waals surface area (Å²) in [4.78, 5) is 23.4. The highest BCUT2D eigenvalue weighted by Gasteiger charge is 2.50. The van der Waals surface area contributed by atoms with Gasteiger partial charge in [0, 0.05) is 51.5 Å². The molecule has 0 saturated carbocycles. The fourth-order valence-electron chi connectivity index (χ4n) is 4.56. The van der Waals surface area contributed by atoms with Crippen LogP contribution < -0.4 is 4.90 Å². The number of rotatable bonds is 3. The number of aryl methyl sites for hydroxylation is 1. The van der Waals surface area contributed by atoms with Gasteiger partial charge in [-0.2, -0.15) is 4.98 Å². The van der Waals surface area contributed by atoms with Gasteiger partial charge in [-0.3, -0.25) is 0 Å². The molecule has 2 amide bonds. The Hall–Kier alpha value is -2.57. The van der Waals surface area contributed by atoms with Crippen LogP contribution in [0.4, 0.5) is 10.8 Å². The fraction of sp³-hybridized carbons (Fsp3) is 0.571. The zero-order valence-electron chi connectivity index (χ0n) is 17.3. The molecule has 0 bridgehead atoms. The Morgan fingerprint density at radius 2 is 1.96 bits per heavy atom. The number of hydrogen-bond acceptors (Lipinski definition) is 5. The number of anilines is 1. The number of nitrogens with zero attached hydrogens (tertiary/aromatic N) is 5. The summed E-state index contributed by atoms with van der Waals surface area (Å²) in [7, 11) is 3.65. The number of urea groups is 1. The van der Waals surface area contributed by atoms with Crippen molar-refractivity contribution in [2.45, 2.75) is 32.7 Å². The second-order valence-corrected chi connectivity index (χ2v) is 8.55. The second kappa shape index (κ2) is 7.11. The van der Waals surface area contributed by atoms with Gasteiger partial charge in [0.05, 0.1) is 6.04 Å². The molecule has 1 aromatic carbocycles. The average Bonchev–Trinajstić information content (AvgIpc) is 3.35. The molecule has 0 aliphatic carbocycles. The van der Waals surface area contributed by atoms with Crippen LogP contribution in [-0.4, -0.2) is 59.7 Å². The first-order chi connectivity index (χ1) is 13.4. The normalized spacial score (nSPS) is 24.1. The first kappa shape index (κ1) is 18.8. The Labute approximate surface area is 166 Å². The summed E-state index contributed by atoms with van der Waals surface area (Å²) in [5.41, 5.74) is 2.46. The lowest BCUT2D eigenvalue weighted by Gasteiger charge is -2.32. The molecule has 3 atom stereocenters. The molecule has 7 nitrogen and oxygen atoms in total. The molecule has 0 spiro atoms. The molecule has 2 aliphatic heterocycles. The maximum atomic E-state index is 12.9. The molecular formula is C21H29N5O2. The number of likely N-dealkylation sites (tertiary alicyclic amines) is 1. The number of amides is 2. The first-order valence-electron chi connectivity index (χ1n) is 9.98. The highest BCUT2D eigenvalue weighted by Crippen LogP contribution is 2.46. The summed E-state index contributed by atoms with van der Waals surface area (Å²) in [6.07, 6.45) is 0. The largest absolute Gasteiger partial charge is 0.331 e. The molecule has 2 aromatic rings. The summed E-state index contributed by atoms with van der Waals surface area (Å²) >= 11 is 0. The third-order valence-corrected chi connectivity index (χ3v) is 6.02. The van der Waals surface area contributed by atoms with Gasteiger partial charge in [0.2, 0.25) is 0 Å². The molecular weight excluding hydrogens is 354 g/mol. The van der Waals surface area contributed by atoms with Gasteiger partial charge >= 0.3 is 12.0 Å². The minimum atomic E-state index is 0.0681. The third kappa shape index (κ3) is 3.12. The summed E-state index contributed by atoms with van der Waals surface area (Å²) in [5.74, 6) is 1.72. The highest BCUT2D eigenvalue weighted by atomic mass is 16.5. The third-order valence-electron chi connectivity index (χ3n) is 6.02. The van der Waals surface area contributed by atoms with Gasteiger partial charge in [0.15, 0.2) is 5.82 Å². The molecule has 28 heavy (non-hydrogen) atoms. The van der Waals surface area contributed by atoms with Crippen LogP contribution in [0.25, 0.3) is 0 Å². The smallest absolute Gasteiger partial charge is 0.324 e. The second-order valence-electron chi connectivity index (χ2n) is 8.55. The van der Waals surface area contributed by atoms with E-state index < -0.39 is 0 Å². The fourth-order valence-corrected chi connectivity index (χ4v) is 4.56. The van der Waals surface area contributed by atoms with E-state index in [0.717, 1.165) is 25.5 Å². The van der Waals surface area contributed by atoms with E-state index in [-0.39, 0.29) is 18.0 Å². The maximum Gasteiger partial charge on any atom is 0.324 e. The van der Waals surface area contributed by atoms with Crippen molar-refractivity contribution >= 4 is 12.0 Å². The van der Waals surface area contributed by atoms with Crippen LogP contribution in [-0.2, 0) is 0 Å². The average molecular weight is 383 g/mol.